The van der Waals surface area contributed by atoms with Gasteiger partial charge in [-0.25, -0.2) is 0 Å². The van der Waals surface area contributed by atoms with Crippen LogP contribution >= 0.6 is 27.7 Å². The van der Waals surface area contributed by atoms with Crippen LogP contribution in [0.15, 0.2) is 68.4 Å². The van der Waals surface area contributed by atoms with E-state index in [2.05, 4.69) is 26.6 Å². The highest BCUT2D eigenvalue weighted by Crippen LogP contribution is 2.34. The normalized spacial score (nSPS) is 17.4. The molecule has 0 saturated carbocycles. The molecule has 1 amide bonds. The van der Waals surface area contributed by atoms with Gasteiger partial charge in [0.15, 0.2) is 5.50 Å². The van der Waals surface area contributed by atoms with Crippen LogP contribution in [0.2, 0.25) is 0 Å². The van der Waals surface area contributed by atoms with E-state index >= 15 is 0 Å². The van der Waals surface area contributed by atoms with Crippen molar-refractivity contribution in [3.05, 3.63) is 75.3 Å². The Hall–Kier alpha value is -2.64. The van der Waals surface area contributed by atoms with Crippen LogP contribution in [0.25, 0.3) is 17.4 Å². The summed E-state index contributed by atoms with van der Waals surface area (Å²) in [6.45, 7) is 2.01. The van der Waals surface area contributed by atoms with E-state index in [4.69, 9.17) is 9.15 Å². The summed E-state index contributed by atoms with van der Waals surface area (Å²) in [6.07, 6.45) is 1.76. The highest BCUT2D eigenvalue weighted by molar-refractivity contribution is 9.10. The summed E-state index contributed by atoms with van der Waals surface area (Å²) in [5.74, 6) is 1.98. The average molecular weight is 471 g/mol. The molecule has 0 radical (unpaired) electrons. The molecule has 1 unspecified atom stereocenters. The van der Waals surface area contributed by atoms with Crippen molar-refractivity contribution in [2.45, 2.75) is 12.4 Å². The third-order valence-corrected chi connectivity index (χ3v) is 5.96. The molecule has 2 aromatic carbocycles. The molecular weight excluding hydrogens is 452 g/mol. The highest BCUT2D eigenvalue weighted by atomic mass is 79.9. The van der Waals surface area contributed by atoms with E-state index in [-0.39, 0.29) is 11.4 Å². The Bertz CT molecular complexity index is 1080. The minimum atomic E-state index is -0.287. The van der Waals surface area contributed by atoms with Crippen molar-refractivity contribution in [2.75, 3.05) is 12.4 Å². The second kappa shape index (κ2) is 8.39. The summed E-state index contributed by atoms with van der Waals surface area (Å²) < 4.78 is 12.3. The van der Waals surface area contributed by atoms with Crippen LogP contribution in [-0.4, -0.2) is 18.5 Å². The number of methoxy groups -OCH3 is 1. The molecule has 1 saturated heterocycles. The predicted molar refractivity (Wildman–Crippen MR) is 121 cm³/mol. The summed E-state index contributed by atoms with van der Waals surface area (Å²) in [6, 6.07) is 17.5. The number of carbonyl (C=O) groups is 1. The zero-order valence-electron chi connectivity index (χ0n) is 15.9. The van der Waals surface area contributed by atoms with E-state index in [1.165, 1.54) is 11.8 Å². The second-order valence-electron chi connectivity index (χ2n) is 6.54. The smallest absolute Gasteiger partial charge is 0.260 e. The molecule has 1 aliphatic rings. The van der Waals surface area contributed by atoms with E-state index in [1.54, 1.807) is 13.2 Å². The van der Waals surface area contributed by atoms with E-state index in [0.29, 0.717) is 10.7 Å². The fourth-order valence-corrected chi connectivity index (χ4v) is 4.19. The number of thioether (sulfide) groups is 1. The summed E-state index contributed by atoms with van der Waals surface area (Å²) in [4.78, 5) is 13.0. The monoisotopic (exact) mass is 470 g/mol. The SMILES string of the molecule is COc1ccc(C)cc1NC1NC(=O)/C(=C/c2ccc(-c3ccc(Br)cc3)o2)S1. The number of anilines is 1. The molecule has 1 fully saturated rings. The lowest BCUT2D eigenvalue weighted by Gasteiger charge is -2.16. The van der Waals surface area contributed by atoms with Crippen LogP contribution in [0.1, 0.15) is 11.3 Å². The third-order valence-electron chi connectivity index (χ3n) is 4.40. The lowest BCUT2D eigenvalue weighted by Crippen LogP contribution is -2.31. The maximum Gasteiger partial charge on any atom is 0.260 e. The van der Waals surface area contributed by atoms with Crippen LogP contribution in [0.5, 0.6) is 5.75 Å². The molecule has 1 aliphatic heterocycles. The number of amides is 1. The van der Waals surface area contributed by atoms with Crippen molar-refractivity contribution in [3.8, 4) is 17.1 Å². The maximum absolute atomic E-state index is 12.4. The van der Waals surface area contributed by atoms with Gasteiger partial charge in [0, 0.05) is 16.1 Å². The number of rotatable bonds is 5. The molecular formula is C22H19BrN2O3S. The second-order valence-corrected chi connectivity index (χ2v) is 8.60. The molecule has 1 atom stereocenters. The average Bonchev–Trinajstić information content (AvgIpc) is 3.30. The Morgan fingerprint density at radius 3 is 2.72 bits per heavy atom. The quantitative estimate of drug-likeness (QED) is 0.473. The Balaban J connectivity index is 1.49. The zero-order valence-corrected chi connectivity index (χ0v) is 18.3. The third kappa shape index (κ3) is 4.52. The molecule has 7 heteroatoms. The van der Waals surface area contributed by atoms with Gasteiger partial charge < -0.3 is 19.8 Å². The van der Waals surface area contributed by atoms with Gasteiger partial charge in [-0.15, -0.1) is 0 Å². The van der Waals surface area contributed by atoms with Gasteiger partial charge in [0.1, 0.15) is 17.3 Å². The molecule has 1 aromatic heterocycles. The van der Waals surface area contributed by atoms with Gasteiger partial charge in [-0.3, -0.25) is 4.79 Å². The fraction of sp³-hybridized carbons (Fsp3) is 0.136. The Morgan fingerprint density at radius 1 is 1.17 bits per heavy atom. The largest absolute Gasteiger partial charge is 0.495 e. The molecule has 3 aromatic rings. The number of aryl methyl sites for hydroxylation is 1. The number of nitrogens with one attached hydrogen (secondary N) is 2. The lowest BCUT2D eigenvalue weighted by molar-refractivity contribution is -0.116. The number of benzene rings is 2. The van der Waals surface area contributed by atoms with Gasteiger partial charge in [-0.05, 0) is 48.9 Å². The highest BCUT2D eigenvalue weighted by Gasteiger charge is 2.28. The van der Waals surface area contributed by atoms with Crippen LogP contribution in [0.4, 0.5) is 5.69 Å². The maximum atomic E-state index is 12.4. The van der Waals surface area contributed by atoms with Gasteiger partial charge in [-0.1, -0.05) is 45.9 Å². The number of carbonyl (C=O) groups excluding carboxylic acids is 1. The zero-order chi connectivity index (χ0) is 20.4. The molecule has 2 heterocycles. The van der Waals surface area contributed by atoms with Crippen molar-refractivity contribution in [2.24, 2.45) is 0 Å². The Morgan fingerprint density at radius 2 is 1.97 bits per heavy atom. The molecule has 148 valence electrons. The summed E-state index contributed by atoms with van der Waals surface area (Å²) in [5, 5.41) is 6.24. The van der Waals surface area contributed by atoms with E-state index in [1.807, 2.05) is 61.5 Å². The molecule has 0 aliphatic carbocycles. The van der Waals surface area contributed by atoms with Crippen LogP contribution < -0.4 is 15.4 Å². The van der Waals surface area contributed by atoms with Crippen LogP contribution in [-0.2, 0) is 4.79 Å². The van der Waals surface area contributed by atoms with E-state index in [9.17, 15) is 4.79 Å². The number of halogens is 1. The van der Waals surface area contributed by atoms with E-state index in [0.717, 1.165) is 32.8 Å². The summed E-state index contributed by atoms with van der Waals surface area (Å²) in [5.41, 5.74) is 2.63. The van der Waals surface area contributed by atoms with Gasteiger partial charge >= 0.3 is 0 Å². The number of hydrogen-bond donors (Lipinski definition) is 2. The van der Waals surface area contributed by atoms with Gasteiger partial charge in [0.2, 0.25) is 0 Å². The van der Waals surface area contributed by atoms with E-state index < -0.39 is 0 Å². The first-order valence-electron chi connectivity index (χ1n) is 8.98. The lowest BCUT2D eigenvalue weighted by atomic mass is 10.2. The molecule has 2 N–H and O–H groups in total. The van der Waals surface area contributed by atoms with Crippen molar-refractivity contribution >= 4 is 45.4 Å². The van der Waals surface area contributed by atoms with Crippen molar-refractivity contribution in [1.82, 2.24) is 5.32 Å². The summed E-state index contributed by atoms with van der Waals surface area (Å²) >= 11 is 4.84. The molecule has 4 rings (SSSR count). The first-order chi connectivity index (χ1) is 14.0. The Kier molecular flexibility index (Phi) is 5.69. The molecule has 0 bridgehead atoms. The number of furan rings is 1. The summed E-state index contributed by atoms with van der Waals surface area (Å²) in [7, 11) is 1.63. The van der Waals surface area contributed by atoms with Gasteiger partial charge in [0.25, 0.3) is 5.91 Å². The number of ether oxygens (including phenoxy) is 1. The van der Waals surface area contributed by atoms with Crippen LogP contribution in [0, 0.1) is 6.92 Å². The fourth-order valence-electron chi connectivity index (χ4n) is 2.97. The predicted octanol–water partition coefficient (Wildman–Crippen LogP) is 5.63. The van der Waals surface area contributed by atoms with Gasteiger partial charge in [0.05, 0.1) is 17.7 Å². The number of hydrogen-bond acceptors (Lipinski definition) is 5. The first-order valence-corrected chi connectivity index (χ1v) is 10.7. The topological polar surface area (TPSA) is 63.5 Å². The van der Waals surface area contributed by atoms with Gasteiger partial charge in [-0.2, -0.15) is 0 Å². The molecule has 5 nitrogen and oxygen atoms in total. The van der Waals surface area contributed by atoms with Crippen molar-refractivity contribution < 1.29 is 13.9 Å². The van der Waals surface area contributed by atoms with Crippen LogP contribution in [0.3, 0.4) is 0 Å². The van der Waals surface area contributed by atoms with Crippen molar-refractivity contribution in [3.63, 3.8) is 0 Å². The first kappa shape index (κ1) is 19.7. The standard InChI is InChI=1S/C22H19BrN2O3S/c1-13-3-9-19(27-2)17(11-13)24-22-25-21(26)20(29-22)12-16-8-10-18(28-16)14-4-6-15(23)7-5-14/h3-12,22,24H,1-2H3,(H,25,26)/b20-12-. The molecule has 0 spiro atoms. The molecule has 29 heavy (non-hydrogen) atoms. The minimum absolute atomic E-state index is 0.138. The minimum Gasteiger partial charge on any atom is -0.495 e. The van der Waals surface area contributed by atoms with Crippen molar-refractivity contribution in [1.29, 1.82) is 0 Å². The Labute approximate surface area is 181 Å².